The lowest BCUT2D eigenvalue weighted by molar-refractivity contribution is -0.127. The number of carbonyl (C=O) groups is 1. The largest absolute Gasteiger partial charge is 0.480 e. The Labute approximate surface area is 156 Å². The molecule has 3 aromatic rings. The third-order valence-electron chi connectivity index (χ3n) is 4.54. The molecule has 1 amide bonds. The Kier molecular flexibility index (Phi) is 4.39. The van der Waals surface area contributed by atoms with Crippen molar-refractivity contribution in [3.8, 4) is 11.4 Å². The van der Waals surface area contributed by atoms with E-state index in [1.54, 1.807) is 18.6 Å². The zero-order valence-electron chi connectivity index (χ0n) is 14.2. The summed E-state index contributed by atoms with van der Waals surface area (Å²) in [4.78, 5) is 16.6. The number of rotatable bonds is 4. The lowest BCUT2D eigenvalue weighted by Gasteiger charge is -2.18. The van der Waals surface area contributed by atoms with Crippen LogP contribution in [0.4, 0.5) is 0 Å². The van der Waals surface area contributed by atoms with E-state index in [1.807, 2.05) is 54.1 Å². The van der Waals surface area contributed by atoms with Gasteiger partial charge < -0.3 is 14.6 Å². The van der Waals surface area contributed by atoms with E-state index in [-0.39, 0.29) is 11.9 Å². The van der Waals surface area contributed by atoms with Gasteiger partial charge in [-0.2, -0.15) is 0 Å². The molecule has 132 valence electrons. The van der Waals surface area contributed by atoms with Crippen LogP contribution >= 0.6 is 11.6 Å². The number of carbonyl (C=O) groups excluding carboxylic acids is 1. The number of benzene rings is 2. The number of nitrogens with one attached hydrogen (secondary N) is 1. The van der Waals surface area contributed by atoms with E-state index in [2.05, 4.69) is 10.3 Å². The first-order valence-corrected chi connectivity index (χ1v) is 8.82. The minimum atomic E-state index is -0.517. The van der Waals surface area contributed by atoms with Crippen molar-refractivity contribution in [1.82, 2.24) is 14.9 Å². The first-order valence-electron chi connectivity index (χ1n) is 8.44. The van der Waals surface area contributed by atoms with Gasteiger partial charge in [-0.1, -0.05) is 23.7 Å². The third-order valence-corrected chi connectivity index (χ3v) is 4.78. The summed E-state index contributed by atoms with van der Waals surface area (Å²) in [6.45, 7) is 1.96. The van der Waals surface area contributed by atoms with E-state index in [4.69, 9.17) is 16.3 Å². The topological polar surface area (TPSA) is 56.1 Å². The van der Waals surface area contributed by atoms with E-state index >= 15 is 0 Å². The second-order valence-electron chi connectivity index (χ2n) is 6.35. The lowest BCUT2D eigenvalue weighted by Crippen LogP contribution is -2.38. The van der Waals surface area contributed by atoms with Crippen LogP contribution in [-0.2, 0) is 11.2 Å². The molecule has 5 nitrogen and oxygen atoms in total. The van der Waals surface area contributed by atoms with Gasteiger partial charge in [0.25, 0.3) is 5.91 Å². The maximum atomic E-state index is 12.6. The molecule has 0 saturated heterocycles. The smallest absolute Gasteiger partial charge is 0.261 e. The van der Waals surface area contributed by atoms with Crippen molar-refractivity contribution >= 4 is 17.5 Å². The van der Waals surface area contributed by atoms with Crippen LogP contribution in [0.15, 0.2) is 61.2 Å². The molecule has 0 fully saturated rings. The quantitative estimate of drug-likeness (QED) is 0.764. The minimum Gasteiger partial charge on any atom is -0.480 e. The van der Waals surface area contributed by atoms with Crippen molar-refractivity contribution in [1.29, 1.82) is 0 Å². The zero-order valence-corrected chi connectivity index (χ0v) is 15.0. The van der Waals surface area contributed by atoms with Gasteiger partial charge in [0.1, 0.15) is 5.75 Å². The van der Waals surface area contributed by atoms with Gasteiger partial charge in [-0.15, -0.1) is 0 Å². The molecule has 2 aromatic carbocycles. The summed E-state index contributed by atoms with van der Waals surface area (Å²) in [5.74, 6) is 0.607. The Morgan fingerprint density at radius 2 is 2.12 bits per heavy atom. The maximum absolute atomic E-state index is 12.6. The molecular weight excluding hydrogens is 350 g/mol. The second kappa shape index (κ2) is 6.84. The fourth-order valence-electron chi connectivity index (χ4n) is 3.10. The van der Waals surface area contributed by atoms with E-state index < -0.39 is 6.10 Å². The van der Waals surface area contributed by atoms with E-state index in [9.17, 15) is 4.79 Å². The predicted octanol–water partition coefficient (Wildman–Crippen LogP) is 3.71. The lowest BCUT2D eigenvalue weighted by atomic mass is 10.1. The van der Waals surface area contributed by atoms with Gasteiger partial charge in [0.15, 0.2) is 6.10 Å². The van der Waals surface area contributed by atoms with Gasteiger partial charge in [0, 0.05) is 29.5 Å². The van der Waals surface area contributed by atoms with Crippen LogP contribution in [0.5, 0.6) is 5.75 Å². The van der Waals surface area contributed by atoms with Crippen molar-refractivity contribution in [3.63, 3.8) is 0 Å². The third kappa shape index (κ3) is 3.30. The molecule has 0 unspecified atom stereocenters. The Hall–Kier alpha value is -2.79. The number of hydrogen-bond donors (Lipinski definition) is 1. The number of fused-ring (bicyclic) bond motifs is 1. The molecule has 0 spiro atoms. The van der Waals surface area contributed by atoms with Crippen molar-refractivity contribution in [2.75, 3.05) is 0 Å². The van der Waals surface area contributed by atoms with Crippen LogP contribution < -0.4 is 10.1 Å². The van der Waals surface area contributed by atoms with Gasteiger partial charge in [-0.25, -0.2) is 4.98 Å². The molecule has 6 heteroatoms. The highest BCUT2D eigenvalue weighted by atomic mass is 35.5. The van der Waals surface area contributed by atoms with Crippen molar-refractivity contribution < 1.29 is 9.53 Å². The second-order valence-corrected chi connectivity index (χ2v) is 6.79. The number of ether oxygens (including phenoxy) is 1. The standard InChI is InChI=1S/C20H18ClN3O2/c1-13(14-2-5-17(6-3-14)24-9-8-22-12-24)23-20(25)19-11-15-10-16(21)4-7-18(15)26-19/h2-10,12-13,19H,11H2,1H3,(H,23,25)/t13-,19+/m1/s1. The van der Waals surface area contributed by atoms with Crippen LogP contribution in [0.1, 0.15) is 24.1 Å². The molecule has 1 aliphatic heterocycles. The van der Waals surface area contributed by atoms with Gasteiger partial charge in [-0.3, -0.25) is 4.79 Å². The molecule has 1 aromatic heterocycles. The number of aromatic nitrogens is 2. The predicted molar refractivity (Wildman–Crippen MR) is 99.7 cm³/mol. The van der Waals surface area contributed by atoms with Gasteiger partial charge >= 0.3 is 0 Å². The summed E-state index contributed by atoms with van der Waals surface area (Å²) >= 11 is 6.00. The molecule has 0 saturated carbocycles. The number of imidazole rings is 1. The normalized spacial score (nSPS) is 16.6. The minimum absolute atomic E-state index is 0.116. The first kappa shape index (κ1) is 16.7. The Morgan fingerprint density at radius 3 is 2.85 bits per heavy atom. The molecule has 4 rings (SSSR count). The van der Waals surface area contributed by atoms with Crippen LogP contribution in [0.25, 0.3) is 5.69 Å². The molecule has 1 N–H and O–H groups in total. The monoisotopic (exact) mass is 367 g/mol. The van der Waals surface area contributed by atoms with Gasteiger partial charge in [-0.05, 0) is 48.4 Å². The van der Waals surface area contributed by atoms with Crippen LogP contribution in [-0.4, -0.2) is 21.6 Å². The molecule has 0 radical (unpaired) electrons. The number of amides is 1. The number of halogens is 1. The molecule has 0 bridgehead atoms. The summed E-state index contributed by atoms with van der Waals surface area (Å²) in [5, 5.41) is 3.68. The first-order chi connectivity index (χ1) is 12.6. The highest BCUT2D eigenvalue weighted by molar-refractivity contribution is 6.30. The Bertz CT molecular complexity index is 923. The van der Waals surface area contributed by atoms with Crippen LogP contribution in [0, 0.1) is 0 Å². The highest BCUT2D eigenvalue weighted by Crippen LogP contribution is 2.31. The number of hydrogen-bond acceptors (Lipinski definition) is 3. The van der Waals surface area contributed by atoms with E-state index in [1.165, 1.54) is 0 Å². The van der Waals surface area contributed by atoms with Gasteiger partial charge in [0.05, 0.1) is 12.4 Å². The molecular formula is C20H18ClN3O2. The number of nitrogens with zero attached hydrogens (tertiary/aromatic N) is 2. The summed E-state index contributed by atoms with van der Waals surface area (Å²) < 4.78 is 7.68. The molecule has 26 heavy (non-hydrogen) atoms. The fraction of sp³-hybridized carbons (Fsp3) is 0.200. The van der Waals surface area contributed by atoms with Crippen molar-refractivity contribution in [2.24, 2.45) is 0 Å². The summed E-state index contributed by atoms with van der Waals surface area (Å²) in [6.07, 6.45) is 5.40. The van der Waals surface area contributed by atoms with Crippen molar-refractivity contribution in [2.45, 2.75) is 25.5 Å². The average Bonchev–Trinajstić information content (AvgIpc) is 3.31. The summed E-state index contributed by atoms with van der Waals surface area (Å²) in [6, 6.07) is 13.3. The molecule has 1 aliphatic rings. The fourth-order valence-corrected chi connectivity index (χ4v) is 3.29. The molecule has 0 aliphatic carbocycles. The van der Waals surface area contributed by atoms with Gasteiger partial charge in [0.2, 0.25) is 0 Å². The average molecular weight is 368 g/mol. The van der Waals surface area contributed by atoms with Crippen molar-refractivity contribution in [3.05, 3.63) is 77.3 Å². The SMILES string of the molecule is C[C@@H](NC(=O)[C@@H]1Cc2cc(Cl)ccc2O1)c1ccc(-n2ccnc2)cc1. The van der Waals surface area contributed by atoms with Crippen LogP contribution in [0.2, 0.25) is 5.02 Å². The molecule has 2 heterocycles. The zero-order chi connectivity index (χ0) is 18.1. The summed E-state index contributed by atoms with van der Waals surface area (Å²) in [5.41, 5.74) is 3.02. The van der Waals surface area contributed by atoms with Crippen LogP contribution in [0.3, 0.4) is 0 Å². The molecule has 2 atom stereocenters. The maximum Gasteiger partial charge on any atom is 0.261 e. The summed E-state index contributed by atoms with van der Waals surface area (Å²) in [7, 11) is 0. The Morgan fingerprint density at radius 1 is 1.31 bits per heavy atom. The highest BCUT2D eigenvalue weighted by Gasteiger charge is 2.30. The Balaban J connectivity index is 1.40. The van der Waals surface area contributed by atoms with E-state index in [0.717, 1.165) is 22.6 Å². The van der Waals surface area contributed by atoms with E-state index in [0.29, 0.717) is 11.4 Å².